The topological polar surface area (TPSA) is 44.7 Å². The van der Waals surface area contributed by atoms with Crippen molar-refractivity contribution in [2.45, 2.75) is 26.7 Å². The molecule has 118 valence electrons. The Morgan fingerprint density at radius 1 is 1.13 bits per heavy atom. The van der Waals surface area contributed by atoms with Crippen molar-refractivity contribution in [3.8, 4) is 0 Å². The number of hydrogen-bond donors (Lipinski definition) is 1. The van der Waals surface area contributed by atoms with E-state index in [0.717, 1.165) is 36.3 Å². The number of benzene rings is 2. The van der Waals surface area contributed by atoms with Crippen molar-refractivity contribution in [1.29, 1.82) is 0 Å². The average molecular weight is 307 g/mol. The first-order chi connectivity index (χ1) is 11.2. The Morgan fingerprint density at radius 2 is 1.87 bits per heavy atom. The number of nitrogens with zero attached hydrogens (tertiary/aromatic N) is 2. The Labute approximate surface area is 136 Å². The Hall–Kier alpha value is -2.62. The summed E-state index contributed by atoms with van der Waals surface area (Å²) in [6, 6.07) is 16.1. The Kier molecular flexibility index (Phi) is 4.42. The van der Waals surface area contributed by atoms with E-state index in [0.29, 0.717) is 5.84 Å². The van der Waals surface area contributed by atoms with E-state index in [1.54, 1.807) is 6.92 Å². The minimum absolute atomic E-state index is 0.0391. The predicted molar refractivity (Wildman–Crippen MR) is 95.0 cm³/mol. The summed E-state index contributed by atoms with van der Waals surface area (Å²) in [6.45, 7) is 4.39. The lowest BCUT2D eigenvalue weighted by atomic mass is 10.0. The second kappa shape index (κ2) is 6.65. The normalized spacial score (nSPS) is 14.3. The van der Waals surface area contributed by atoms with E-state index >= 15 is 0 Å². The van der Waals surface area contributed by atoms with Crippen LogP contribution in [0.1, 0.15) is 24.5 Å². The summed E-state index contributed by atoms with van der Waals surface area (Å²) >= 11 is 0. The highest BCUT2D eigenvalue weighted by Gasteiger charge is 2.23. The van der Waals surface area contributed by atoms with Crippen LogP contribution in [0.3, 0.4) is 0 Å². The zero-order valence-electron chi connectivity index (χ0n) is 13.5. The van der Waals surface area contributed by atoms with Crippen molar-refractivity contribution in [2.24, 2.45) is 5.10 Å². The predicted octanol–water partition coefficient (Wildman–Crippen LogP) is 3.76. The number of hydrazone groups is 1. The number of para-hydroxylation sites is 2. The number of aryl methyl sites for hydroxylation is 2. The number of Topliss-reactive ketones (excluding diaryl/α,β-unsaturated/α-hetero) is 1. The largest absolute Gasteiger partial charge is 0.322 e. The maximum absolute atomic E-state index is 12.1. The third-order valence-corrected chi connectivity index (χ3v) is 4.11. The number of carbonyl (C=O) groups is 1. The molecule has 2 aromatic rings. The highest BCUT2D eigenvalue weighted by Crippen LogP contribution is 2.27. The third kappa shape index (κ3) is 3.26. The van der Waals surface area contributed by atoms with Gasteiger partial charge in [-0.2, -0.15) is 5.10 Å². The highest BCUT2D eigenvalue weighted by molar-refractivity contribution is 6.43. The molecule has 0 saturated carbocycles. The fourth-order valence-electron chi connectivity index (χ4n) is 2.89. The molecule has 0 radical (unpaired) electrons. The number of hydrogen-bond acceptors (Lipinski definition) is 3. The van der Waals surface area contributed by atoms with Gasteiger partial charge in [0.25, 0.3) is 0 Å². The van der Waals surface area contributed by atoms with E-state index in [1.165, 1.54) is 5.56 Å². The fourth-order valence-corrected chi connectivity index (χ4v) is 2.89. The molecule has 1 aliphatic rings. The smallest absolute Gasteiger partial charge is 0.197 e. The molecule has 23 heavy (non-hydrogen) atoms. The van der Waals surface area contributed by atoms with Gasteiger partial charge in [0, 0.05) is 19.2 Å². The summed E-state index contributed by atoms with van der Waals surface area (Å²) in [5.41, 5.74) is 7.41. The number of fused-ring (bicyclic) bond motifs is 1. The number of rotatable bonds is 3. The van der Waals surface area contributed by atoms with E-state index in [9.17, 15) is 4.79 Å². The van der Waals surface area contributed by atoms with Crippen molar-refractivity contribution >= 4 is 23.0 Å². The molecule has 1 heterocycles. The number of amidine groups is 1. The van der Waals surface area contributed by atoms with Gasteiger partial charge >= 0.3 is 0 Å². The summed E-state index contributed by atoms with van der Waals surface area (Å²) in [5, 5.41) is 4.42. The summed E-state index contributed by atoms with van der Waals surface area (Å²) in [6.07, 6.45) is 2.07. The van der Waals surface area contributed by atoms with Crippen LogP contribution in [-0.4, -0.2) is 18.2 Å². The molecule has 0 bridgehead atoms. The maximum Gasteiger partial charge on any atom is 0.197 e. The molecule has 0 spiro atoms. The molecule has 1 aliphatic heterocycles. The number of anilines is 2. The lowest BCUT2D eigenvalue weighted by molar-refractivity contribution is -0.111. The van der Waals surface area contributed by atoms with Crippen LogP contribution in [0.2, 0.25) is 0 Å². The maximum atomic E-state index is 12.1. The molecule has 3 rings (SSSR count). The molecule has 2 aromatic carbocycles. The lowest BCUT2D eigenvalue weighted by Crippen LogP contribution is -2.40. The molecule has 0 fully saturated rings. The summed E-state index contributed by atoms with van der Waals surface area (Å²) in [5.74, 6) is 0.420. The van der Waals surface area contributed by atoms with Crippen LogP contribution in [0.5, 0.6) is 0 Å². The van der Waals surface area contributed by atoms with Crippen molar-refractivity contribution in [3.05, 3.63) is 59.7 Å². The Balaban J connectivity index is 1.93. The number of nitrogens with one attached hydrogen (secondary N) is 1. The standard InChI is InChI=1S/C19H21N3O/c1-14-8-3-5-11-17(14)20-21-19(15(2)23)22-13-7-10-16-9-4-6-12-18(16)22/h3-6,8-9,11-12,20H,7,10,13H2,1-2H3/b21-19-. The SMILES string of the molecule is CC(=O)/C(=N/Nc1ccccc1C)N1CCCc2ccccc21. The van der Waals surface area contributed by atoms with Crippen molar-refractivity contribution in [1.82, 2.24) is 0 Å². The van der Waals surface area contributed by atoms with Crippen LogP contribution in [-0.2, 0) is 11.2 Å². The van der Waals surface area contributed by atoms with Crippen molar-refractivity contribution < 1.29 is 4.79 Å². The van der Waals surface area contributed by atoms with Crippen LogP contribution in [0.15, 0.2) is 53.6 Å². The molecule has 0 atom stereocenters. The van der Waals surface area contributed by atoms with Crippen LogP contribution in [0.4, 0.5) is 11.4 Å². The van der Waals surface area contributed by atoms with Crippen molar-refractivity contribution in [2.75, 3.05) is 16.9 Å². The van der Waals surface area contributed by atoms with Gasteiger partial charge in [-0.25, -0.2) is 0 Å². The summed E-state index contributed by atoms with van der Waals surface area (Å²) < 4.78 is 0. The quantitative estimate of drug-likeness (QED) is 0.533. The van der Waals surface area contributed by atoms with Gasteiger partial charge in [-0.1, -0.05) is 36.4 Å². The lowest BCUT2D eigenvalue weighted by Gasteiger charge is -2.31. The molecule has 0 saturated heterocycles. The van der Waals surface area contributed by atoms with E-state index in [4.69, 9.17) is 0 Å². The molecular formula is C19H21N3O. The summed E-state index contributed by atoms with van der Waals surface area (Å²) in [4.78, 5) is 14.2. The zero-order valence-corrected chi connectivity index (χ0v) is 13.5. The molecular weight excluding hydrogens is 286 g/mol. The summed E-state index contributed by atoms with van der Waals surface area (Å²) in [7, 11) is 0. The molecule has 4 nitrogen and oxygen atoms in total. The molecule has 0 unspecified atom stereocenters. The van der Waals surface area contributed by atoms with Crippen LogP contribution < -0.4 is 10.3 Å². The first kappa shape index (κ1) is 15.3. The van der Waals surface area contributed by atoms with Crippen LogP contribution in [0, 0.1) is 6.92 Å². The van der Waals surface area contributed by atoms with Gasteiger partial charge in [-0.05, 0) is 43.0 Å². The Bertz CT molecular complexity index is 752. The van der Waals surface area contributed by atoms with Crippen LogP contribution in [0.25, 0.3) is 0 Å². The van der Waals surface area contributed by atoms with Gasteiger partial charge in [-0.3, -0.25) is 10.2 Å². The van der Waals surface area contributed by atoms with Crippen molar-refractivity contribution in [3.63, 3.8) is 0 Å². The van der Waals surface area contributed by atoms with Gasteiger partial charge in [0.2, 0.25) is 0 Å². The minimum Gasteiger partial charge on any atom is -0.322 e. The second-order valence-corrected chi connectivity index (χ2v) is 5.80. The molecule has 0 aliphatic carbocycles. The molecule has 1 N–H and O–H groups in total. The van der Waals surface area contributed by atoms with Gasteiger partial charge < -0.3 is 4.90 Å². The first-order valence-corrected chi connectivity index (χ1v) is 7.92. The van der Waals surface area contributed by atoms with Crippen LogP contribution >= 0.6 is 0 Å². The molecule has 0 aromatic heterocycles. The number of carbonyl (C=O) groups excluding carboxylic acids is 1. The molecule has 4 heteroatoms. The minimum atomic E-state index is -0.0391. The molecule has 0 amide bonds. The van der Waals surface area contributed by atoms with Gasteiger partial charge in [0.15, 0.2) is 11.6 Å². The van der Waals surface area contributed by atoms with E-state index in [2.05, 4.69) is 22.7 Å². The number of ketones is 1. The first-order valence-electron chi connectivity index (χ1n) is 7.92. The van der Waals surface area contributed by atoms with Gasteiger partial charge in [0.05, 0.1) is 5.69 Å². The zero-order chi connectivity index (χ0) is 16.2. The second-order valence-electron chi connectivity index (χ2n) is 5.80. The highest BCUT2D eigenvalue weighted by atomic mass is 16.1. The Morgan fingerprint density at radius 3 is 2.65 bits per heavy atom. The van der Waals surface area contributed by atoms with E-state index in [-0.39, 0.29) is 5.78 Å². The van der Waals surface area contributed by atoms with E-state index < -0.39 is 0 Å². The fraction of sp³-hybridized carbons (Fsp3) is 0.263. The monoisotopic (exact) mass is 307 g/mol. The van der Waals surface area contributed by atoms with Gasteiger partial charge in [0.1, 0.15) is 0 Å². The third-order valence-electron chi connectivity index (χ3n) is 4.11. The van der Waals surface area contributed by atoms with Gasteiger partial charge in [-0.15, -0.1) is 0 Å². The average Bonchev–Trinajstić information content (AvgIpc) is 2.56. The van der Waals surface area contributed by atoms with E-state index in [1.807, 2.05) is 48.2 Å².